The molecule has 1 unspecified atom stereocenters. The van der Waals surface area contributed by atoms with Gasteiger partial charge in [-0.3, -0.25) is 4.99 Å². The monoisotopic (exact) mass is 339 g/mol. The van der Waals surface area contributed by atoms with Crippen LogP contribution in [-0.2, 0) is 6.54 Å². The number of guanidine groups is 1. The molecular weight excluding hydrogens is 314 g/mol. The van der Waals surface area contributed by atoms with Crippen molar-refractivity contribution in [1.82, 2.24) is 10.6 Å². The van der Waals surface area contributed by atoms with Crippen molar-refractivity contribution in [3.63, 3.8) is 0 Å². The van der Waals surface area contributed by atoms with Crippen molar-refractivity contribution in [2.24, 2.45) is 4.99 Å². The Morgan fingerprint density at radius 3 is 2.68 bits per heavy atom. The van der Waals surface area contributed by atoms with Crippen molar-refractivity contribution in [3.05, 3.63) is 59.7 Å². The van der Waals surface area contributed by atoms with Gasteiger partial charge in [-0.05, 0) is 35.6 Å². The van der Waals surface area contributed by atoms with Crippen molar-refractivity contribution < 1.29 is 9.47 Å². The van der Waals surface area contributed by atoms with Gasteiger partial charge in [0.2, 0.25) is 6.79 Å². The molecule has 2 aromatic carbocycles. The average molecular weight is 339 g/mol. The van der Waals surface area contributed by atoms with E-state index in [1.807, 2.05) is 18.2 Å². The lowest BCUT2D eigenvalue weighted by Gasteiger charge is -2.15. The molecule has 132 valence electrons. The third kappa shape index (κ3) is 4.66. The summed E-state index contributed by atoms with van der Waals surface area (Å²) in [6.07, 6.45) is 1.05. The molecule has 0 saturated carbocycles. The Labute approximate surface area is 149 Å². The first-order chi connectivity index (χ1) is 12.3. The molecule has 0 amide bonds. The molecule has 0 spiro atoms. The van der Waals surface area contributed by atoms with Crippen LogP contribution in [0.3, 0.4) is 0 Å². The van der Waals surface area contributed by atoms with Gasteiger partial charge in [-0.2, -0.15) is 0 Å². The van der Waals surface area contributed by atoms with Crippen LogP contribution in [0.5, 0.6) is 11.5 Å². The molecule has 1 aliphatic heterocycles. The molecule has 5 heteroatoms. The molecule has 2 aromatic rings. The summed E-state index contributed by atoms with van der Waals surface area (Å²) in [4.78, 5) is 4.28. The van der Waals surface area contributed by atoms with Crippen LogP contribution >= 0.6 is 0 Å². The second-order valence-electron chi connectivity index (χ2n) is 6.14. The summed E-state index contributed by atoms with van der Waals surface area (Å²) in [6.45, 7) is 4.11. The molecular formula is C20H25N3O2. The summed E-state index contributed by atoms with van der Waals surface area (Å²) < 4.78 is 10.7. The standard InChI is InChI=1S/C20H25N3O2/c1-15(17-6-4-3-5-7-17)10-11-22-20(21-2)23-13-16-8-9-18-19(12-16)25-14-24-18/h3-9,12,15H,10-11,13-14H2,1-2H3,(H2,21,22,23). The van der Waals surface area contributed by atoms with E-state index in [0.717, 1.165) is 36.0 Å². The van der Waals surface area contributed by atoms with Crippen molar-refractivity contribution in [2.75, 3.05) is 20.4 Å². The summed E-state index contributed by atoms with van der Waals surface area (Å²) in [5.41, 5.74) is 2.50. The van der Waals surface area contributed by atoms with Gasteiger partial charge in [0.15, 0.2) is 17.5 Å². The Kier molecular flexibility index (Phi) is 5.77. The van der Waals surface area contributed by atoms with Gasteiger partial charge in [-0.25, -0.2) is 0 Å². The van der Waals surface area contributed by atoms with Gasteiger partial charge in [0.25, 0.3) is 0 Å². The topological polar surface area (TPSA) is 54.9 Å². The highest BCUT2D eigenvalue weighted by Gasteiger charge is 2.13. The number of rotatable bonds is 6. The predicted molar refractivity (Wildman–Crippen MR) is 100 cm³/mol. The smallest absolute Gasteiger partial charge is 0.231 e. The van der Waals surface area contributed by atoms with E-state index in [9.17, 15) is 0 Å². The fourth-order valence-electron chi connectivity index (χ4n) is 2.81. The summed E-state index contributed by atoms with van der Waals surface area (Å²) in [7, 11) is 1.79. The van der Waals surface area contributed by atoms with Crippen LogP contribution in [0.25, 0.3) is 0 Å². The molecule has 1 aliphatic rings. The average Bonchev–Trinajstić information content (AvgIpc) is 3.12. The number of aliphatic imine (C=N–C) groups is 1. The van der Waals surface area contributed by atoms with E-state index in [-0.39, 0.29) is 0 Å². The normalized spacial score (nSPS) is 14.2. The molecule has 0 bridgehead atoms. The van der Waals surface area contributed by atoms with E-state index in [2.05, 4.69) is 52.9 Å². The Hall–Kier alpha value is -2.69. The van der Waals surface area contributed by atoms with Crippen molar-refractivity contribution in [2.45, 2.75) is 25.8 Å². The lowest BCUT2D eigenvalue weighted by Crippen LogP contribution is -2.37. The zero-order valence-corrected chi connectivity index (χ0v) is 14.8. The van der Waals surface area contributed by atoms with Crippen LogP contribution in [-0.4, -0.2) is 26.3 Å². The van der Waals surface area contributed by atoms with Crippen LogP contribution in [0.4, 0.5) is 0 Å². The highest BCUT2D eigenvalue weighted by Crippen LogP contribution is 2.32. The fourth-order valence-corrected chi connectivity index (χ4v) is 2.81. The summed E-state index contributed by atoms with van der Waals surface area (Å²) >= 11 is 0. The second-order valence-corrected chi connectivity index (χ2v) is 6.14. The van der Waals surface area contributed by atoms with E-state index in [1.165, 1.54) is 5.56 Å². The highest BCUT2D eigenvalue weighted by molar-refractivity contribution is 5.79. The predicted octanol–water partition coefficient (Wildman–Crippen LogP) is 3.27. The first-order valence-electron chi connectivity index (χ1n) is 8.64. The zero-order valence-electron chi connectivity index (χ0n) is 14.8. The molecule has 1 heterocycles. The minimum absolute atomic E-state index is 0.301. The summed E-state index contributed by atoms with van der Waals surface area (Å²) in [5, 5.41) is 6.71. The van der Waals surface area contributed by atoms with Gasteiger partial charge in [0, 0.05) is 20.1 Å². The van der Waals surface area contributed by atoms with Gasteiger partial charge < -0.3 is 20.1 Å². The van der Waals surface area contributed by atoms with Crippen LogP contribution < -0.4 is 20.1 Å². The maximum Gasteiger partial charge on any atom is 0.231 e. The Balaban J connectivity index is 1.44. The first kappa shape index (κ1) is 17.1. The Bertz CT molecular complexity index is 716. The van der Waals surface area contributed by atoms with Crippen molar-refractivity contribution in [1.29, 1.82) is 0 Å². The molecule has 3 rings (SSSR count). The van der Waals surface area contributed by atoms with Crippen molar-refractivity contribution >= 4 is 5.96 Å². The van der Waals surface area contributed by atoms with Gasteiger partial charge in [-0.1, -0.05) is 43.3 Å². The summed E-state index contributed by atoms with van der Waals surface area (Å²) in [6, 6.07) is 16.6. The van der Waals surface area contributed by atoms with Crippen LogP contribution in [0.2, 0.25) is 0 Å². The molecule has 0 fully saturated rings. The zero-order chi connectivity index (χ0) is 17.5. The molecule has 5 nitrogen and oxygen atoms in total. The van der Waals surface area contributed by atoms with Gasteiger partial charge in [0.05, 0.1) is 0 Å². The van der Waals surface area contributed by atoms with E-state index < -0.39 is 0 Å². The molecule has 0 radical (unpaired) electrons. The highest BCUT2D eigenvalue weighted by atomic mass is 16.7. The number of nitrogens with zero attached hydrogens (tertiary/aromatic N) is 1. The third-order valence-electron chi connectivity index (χ3n) is 4.36. The quantitative estimate of drug-likeness (QED) is 0.626. The van der Waals surface area contributed by atoms with Crippen LogP contribution in [0.15, 0.2) is 53.5 Å². The molecule has 0 aliphatic carbocycles. The lowest BCUT2D eigenvalue weighted by molar-refractivity contribution is 0.174. The lowest BCUT2D eigenvalue weighted by atomic mass is 9.98. The molecule has 0 saturated heterocycles. The van der Waals surface area contributed by atoms with E-state index in [0.29, 0.717) is 19.3 Å². The summed E-state index contributed by atoms with van der Waals surface area (Å²) in [5.74, 6) is 2.93. The van der Waals surface area contributed by atoms with Gasteiger partial charge >= 0.3 is 0 Å². The third-order valence-corrected chi connectivity index (χ3v) is 4.36. The largest absolute Gasteiger partial charge is 0.454 e. The fraction of sp³-hybridized carbons (Fsp3) is 0.350. The number of ether oxygens (including phenoxy) is 2. The van der Waals surface area contributed by atoms with Gasteiger partial charge in [0.1, 0.15) is 0 Å². The van der Waals surface area contributed by atoms with Crippen LogP contribution in [0.1, 0.15) is 30.4 Å². The van der Waals surface area contributed by atoms with Crippen LogP contribution in [0, 0.1) is 0 Å². The molecule has 25 heavy (non-hydrogen) atoms. The number of benzene rings is 2. The number of fused-ring (bicyclic) bond motifs is 1. The molecule has 0 aromatic heterocycles. The van der Waals surface area contributed by atoms with Crippen molar-refractivity contribution in [3.8, 4) is 11.5 Å². The SMILES string of the molecule is CN=C(NCCC(C)c1ccccc1)NCc1ccc2c(c1)OCO2. The van der Waals surface area contributed by atoms with E-state index >= 15 is 0 Å². The second kappa shape index (κ2) is 8.42. The Morgan fingerprint density at radius 2 is 1.88 bits per heavy atom. The maximum absolute atomic E-state index is 5.41. The number of nitrogens with one attached hydrogen (secondary N) is 2. The Morgan fingerprint density at radius 1 is 1.08 bits per heavy atom. The molecule has 2 N–H and O–H groups in total. The van der Waals surface area contributed by atoms with Gasteiger partial charge in [-0.15, -0.1) is 0 Å². The minimum Gasteiger partial charge on any atom is -0.454 e. The number of hydrogen-bond acceptors (Lipinski definition) is 3. The van der Waals surface area contributed by atoms with E-state index in [1.54, 1.807) is 7.05 Å². The first-order valence-corrected chi connectivity index (χ1v) is 8.64. The van der Waals surface area contributed by atoms with E-state index in [4.69, 9.17) is 9.47 Å². The maximum atomic E-state index is 5.41. The molecule has 1 atom stereocenters. The number of hydrogen-bond donors (Lipinski definition) is 2. The minimum atomic E-state index is 0.301.